The van der Waals surface area contributed by atoms with Crippen molar-refractivity contribution in [2.24, 2.45) is 0 Å². The number of rotatable bonds is 6. The highest BCUT2D eigenvalue weighted by molar-refractivity contribution is 5.96. The number of ether oxygens (including phenoxy) is 1. The van der Waals surface area contributed by atoms with Gasteiger partial charge < -0.3 is 15.2 Å². The van der Waals surface area contributed by atoms with Gasteiger partial charge in [0.2, 0.25) is 5.88 Å². The normalized spacial score (nSPS) is 10.5. The molecule has 5 nitrogen and oxygen atoms in total. The standard InChI is InChI=1S/C22H22N2O3/c1-15-17(16-7-4-3-5-8-16)9-6-10-18(15)20-12-11-19(22(24-20)27-2)21(26)23-13-14-25/h3-12,25H,13-14H2,1-2H3,(H,23,26). The first-order valence-electron chi connectivity index (χ1n) is 8.75. The van der Waals surface area contributed by atoms with Crippen LogP contribution in [-0.2, 0) is 0 Å². The van der Waals surface area contributed by atoms with Crippen molar-refractivity contribution >= 4 is 5.91 Å². The molecule has 0 aliphatic heterocycles. The van der Waals surface area contributed by atoms with Gasteiger partial charge in [-0.25, -0.2) is 4.98 Å². The lowest BCUT2D eigenvalue weighted by molar-refractivity contribution is 0.0941. The minimum atomic E-state index is -0.324. The summed E-state index contributed by atoms with van der Waals surface area (Å²) in [5.74, 6) is -0.0674. The Kier molecular flexibility index (Phi) is 5.84. The molecule has 0 bridgehead atoms. The predicted octanol–water partition coefficient (Wildman–Crippen LogP) is 3.45. The van der Waals surface area contributed by atoms with Crippen LogP contribution in [0.4, 0.5) is 0 Å². The third-order valence-corrected chi connectivity index (χ3v) is 4.39. The van der Waals surface area contributed by atoms with Crippen LogP contribution in [0.1, 0.15) is 15.9 Å². The maximum absolute atomic E-state index is 12.2. The van der Waals surface area contributed by atoms with Gasteiger partial charge >= 0.3 is 0 Å². The third-order valence-electron chi connectivity index (χ3n) is 4.39. The smallest absolute Gasteiger partial charge is 0.256 e. The quantitative estimate of drug-likeness (QED) is 0.704. The van der Waals surface area contributed by atoms with Crippen LogP contribution in [0.2, 0.25) is 0 Å². The van der Waals surface area contributed by atoms with Crippen LogP contribution in [0.25, 0.3) is 22.4 Å². The van der Waals surface area contributed by atoms with E-state index in [1.807, 2.05) is 36.4 Å². The molecule has 1 amide bonds. The first-order valence-corrected chi connectivity index (χ1v) is 8.75. The fraction of sp³-hybridized carbons (Fsp3) is 0.182. The van der Waals surface area contributed by atoms with Gasteiger partial charge in [0, 0.05) is 12.1 Å². The van der Waals surface area contributed by atoms with E-state index in [-0.39, 0.29) is 24.9 Å². The summed E-state index contributed by atoms with van der Waals surface area (Å²) in [6.45, 7) is 2.13. The lowest BCUT2D eigenvalue weighted by atomic mass is 9.94. The molecule has 1 aromatic heterocycles. The molecule has 0 unspecified atom stereocenters. The highest BCUT2D eigenvalue weighted by Crippen LogP contribution is 2.32. The number of aromatic nitrogens is 1. The Bertz CT molecular complexity index is 940. The molecule has 5 heteroatoms. The van der Waals surface area contributed by atoms with Gasteiger partial charge in [0.25, 0.3) is 5.91 Å². The van der Waals surface area contributed by atoms with Crippen LogP contribution in [0.3, 0.4) is 0 Å². The van der Waals surface area contributed by atoms with Gasteiger partial charge in [0.05, 0.1) is 19.4 Å². The van der Waals surface area contributed by atoms with E-state index in [0.29, 0.717) is 5.56 Å². The first kappa shape index (κ1) is 18.6. The fourth-order valence-electron chi connectivity index (χ4n) is 3.03. The minimum Gasteiger partial charge on any atom is -0.480 e. The molecule has 2 aromatic carbocycles. The summed E-state index contributed by atoms with van der Waals surface area (Å²) in [6, 6.07) is 19.8. The van der Waals surface area contributed by atoms with Crippen molar-refractivity contribution in [2.75, 3.05) is 20.3 Å². The van der Waals surface area contributed by atoms with E-state index in [1.54, 1.807) is 6.07 Å². The molecule has 0 aliphatic rings. The summed E-state index contributed by atoms with van der Waals surface area (Å²) < 4.78 is 5.33. The number of aliphatic hydroxyl groups excluding tert-OH is 1. The third kappa shape index (κ3) is 3.99. The number of nitrogens with zero attached hydrogens (tertiary/aromatic N) is 1. The monoisotopic (exact) mass is 362 g/mol. The van der Waals surface area contributed by atoms with Gasteiger partial charge in [-0.2, -0.15) is 0 Å². The van der Waals surface area contributed by atoms with Gasteiger partial charge in [-0.3, -0.25) is 4.79 Å². The number of nitrogens with one attached hydrogen (secondary N) is 1. The van der Waals surface area contributed by atoms with Crippen molar-refractivity contribution in [3.63, 3.8) is 0 Å². The van der Waals surface area contributed by atoms with E-state index in [2.05, 4.69) is 35.4 Å². The van der Waals surface area contributed by atoms with Crippen LogP contribution in [0.15, 0.2) is 60.7 Å². The molecule has 0 saturated carbocycles. The largest absolute Gasteiger partial charge is 0.480 e. The van der Waals surface area contributed by atoms with Crippen LogP contribution in [0.5, 0.6) is 5.88 Å². The Labute approximate surface area is 158 Å². The Hall–Kier alpha value is -3.18. The summed E-state index contributed by atoms with van der Waals surface area (Å²) in [5.41, 5.74) is 5.45. The van der Waals surface area contributed by atoms with Crippen molar-refractivity contribution in [1.82, 2.24) is 10.3 Å². The van der Waals surface area contributed by atoms with E-state index in [4.69, 9.17) is 9.84 Å². The van der Waals surface area contributed by atoms with Gasteiger partial charge in [-0.05, 0) is 35.7 Å². The Morgan fingerprint density at radius 1 is 1.04 bits per heavy atom. The molecular weight excluding hydrogens is 340 g/mol. The molecule has 0 spiro atoms. The van der Waals surface area contributed by atoms with Gasteiger partial charge in [-0.1, -0.05) is 48.5 Å². The molecule has 3 rings (SSSR count). The van der Waals surface area contributed by atoms with Crippen molar-refractivity contribution in [3.05, 3.63) is 71.8 Å². The summed E-state index contributed by atoms with van der Waals surface area (Å²) in [5, 5.41) is 11.5. The number of benzene rings is 2. The lowest BCUT2D eigenvalue weighted by Gasteiger charge is -2.13. The molecule has 0 saturated heterocycles. The second-order valence-electron chi connectivity index (χ2n) is 6.08. The fourth-order valence-corrected chi connectivity index (χ4v) is 3.03. The maximum Gasteiger partial charge on any atom is 0.256 e. The molecule has 27 heavy (non-hydrogen) atoms. The molecule has 2 N–H and O–H groups in total. The number of amides is 1. The number of carbonyl (C=O) groups is 1. The van der Waals surface area contributed by atoms with Crippen molar-refractivity contribution < 1.29 is 14.6 Å². The Morgan fingerprint density at radius 3 is 2.48 bits per heavy atom. The zero-order chi connectivity index (χ0) is 19.2. The zero-order valence-corrected chi connectivity index (χ0v) is 15.4. The molecule has 0 atom stereocenters. The summed E-state index contributed by atoms with van der Waals surface area (Å²) >= 11 is 0. The van der Waals surface area contributed by atoms with Crippen molar-refractivity contribution in [2.45, 2.75) is 6.92 Å². The number of carbonyl (C=O) groups excluding carboxylic acids is 1. The minimum absolute atomic E-state index is 0.120. The summed E-state index contributed by atoms with van der Waals surface area (Å²) in [6.07, 6.45) is 0. The molecule has 3 aromatic rings. The van der Waals surface area contributed by atoms with Crippen LogP contribution >= 0.6 is 0 Å². The van der Waals surface area contributed by atoms with Crippen molar-refractivity contribution in [1.29, 1.82) is 0 Å². The van der Waals surface area contributed by atoms with Gasteiger partial charge in [0.1, 0.15) is 5.56 Å². The van der Waals surface area contributed by atoms with Crippen molar-refractivity contribution in [3.8, 4) is 28.3 Å². The zero-order valence-electron chi connectivity index (χ0n) is 15.4. The number of methoxy groups -OCH3 is 1. The van der Waals surface area contributed by atoms with Crippen LogP contribution < -0.4 is 10.1 Å². The van der Waals surface area contributed by atoms with E-state index < -0.39 is 0 Å². The number of aliphatic hydroxyl groups is 1. The Morgan fingerprint density at radius 2 is 1.78 bits per heavy atom. The molecule has 0 radical (unpaired) electrons. The van der Waals surface area contributed by atoms with E-state index in [0.717, 1.165) is 27.9 Å². The van der Waals surface area contributed by atoms with E-state index in [9.17, 15) is 4.79 Å². The lowest BCUT2D eigenvalue weighted by Crippen LogP contribution is -2.27. The van der Waals surface area contributed by atoms with Gasteiger partial charge in [0.15, 0.2) is 0 Å². The molecule has 0 aliphatic carbocycles. The summed E-state index contributed by atoms with van der Waals surface area (Å²) in [7, 11) is 1.49. The van der Waals surface area contributed by atoms with Crippen LogP contribution in [-0.4, -0.2) is 36.3 Å². The first-order chi connectivity index (χ1) is 13.2. The molecule has 1 heterocycles. The SMILES string of the molecule is COc1nc(-c2cccc(-c3ccccc3)c2C)ccc1C(=O)NCCO. The topological polar surface area (TPSA) is 71.5 Å². The number of pyridine rings is 1. The molecule has 138 valence electrons. The average Bonchev–Trinajstić information content (AvgIpc) is 2.72. The molecule has 0 fully saturated rings. The van der Waals surface area contributed by atoms with Crippen LogP contribution in [0, 0.1) is 6.92 Å². The second-order valence-corrected chi connectivity index (χ2v) is 6.08. The highest BCUT2D eigenvalue weighted by atomic mass is 16.5. The van der Waals surface area contributed by atoms with E-state index in [1.165, 1.54) is 7.11 Å². The number of hydrogen-bond donors (Lipinski definition) is 2. The average molecular weight is 362 g/mol. The number of hydrogen-bond acceptors (Lipinski definition) is 4. The predicted molar refractivity (Wildman–Crippen MR) is 106 cm³/mol. The molecular formula is C22H22N2O3. The van der Waals surface area contributed by atoms with E-state index >= 15 is 0 Å². The highest BCUT2D eigenvalue weighted by Gasteiger charge is 2.16. The van der Waals surface area contributed by atoms with Gasteiger partial charge in [-0.15, -0.1) is 0 Å². The Balaban J connectivity index is 2.01. The maximum atomic E-state index is 12.2. The second kappa shape index (κ2) is 8.47. The summed E-state index contributed by atoms with van der Waals surface area (Å²) in [4.78, 5) is 16.7.